The molecule has 206 valence electrons. The average Bonchev–Trinajstić information content (AvgIpc) is 3.64. The van der Waals surface area contributed by atoms with Crippen molar-refractivity contribution in [3.05, 3.63) is 49.2 Å². The highest BCUT2D eigenvalue weighted by molar-refractivity contribution is 7.16. The number of H-pyrrole nitrogens is 1. The number of amides is 1. The number of nitrogens with one attached hydrogen (secondary N) is 1. The second-order valence-electron chi connectivity index (χ2n) is 12.1. The van der Waals surface area contributed by atoms with E-state index in [1.165, 1.54) is 48.4 Å². The molecule has 2 aliphatic carbocycles. The zero-order valence-electron chi connectivity index (χ0n) is 23.3. The molecule has 2 saturated carbocycles. The monoisotopic (exact) mass is 538 g/mol. The fourth-order valence-corrected chi connectivity index (χ4v) is 8.14. The number of nitrogens with zero attached hydrogens (tertiary/aromatic N) is 3. The molecule has 0 unspecified atom stereocenters. The predicted octanol–water partition coefficient (Wildman–Crippen LogP) is 4.56. The molecule has 3 fully saturated rings. The lowest BCUT2D eigenvalue weighted by atomic mass is 9.87. The van der Waals surface area contributed by atoms with Crippen LogP contribution in [0.15, 0.2) is 10.9 Å². The molecule has 4 aliphatic rings. The van der Waals surface area contributed by atoms with Gasteiger partial charge < -0.3 is 19.5 Å². The number of pyridine rings is 1. The molecule has 2 aliphatic heterocycles. The van der Waals surface area contributed by atoms with Crippen molar-refractivity contribution in [3.8, 4) is 0 Å². The number of hydrogen-bond acceptors (Lipinski definition) is 6. The molecule has 2 aromatic rings. The van der Waals surface area contributed by atoms with Crippen LogP contribution in [0.2, 0.25) is 0 Å². The summed E-state index contributed by atoms with van der Waals surface area (Å²) in [7, 11) is 2.23. The first-order chi connectivity index (χ1) is 18.3. The van der Waals surface area contributed by atoms with E-state index in [4.69, 9.17) is 4.74 Å². The standard InChI is InChI=1S/C30H42N4O3S/c1-18-14-19(2)31-28(35)25(18)17-33-13-5-6-26-27(29(33)36)20(3)30(38-26)32(4)21-7-9-22(10-8-21)34-15-24(16-34)37-23-11-12-23/h14,21-24H,5-13,15-17H2,1-4H3,(H,31,35)/t21-,22-. The Bertz CT molecular complexity index is 1250. The maximum Gasteiger partial charge on any atom is 0.255 e. The van der Waals surface area contributed by atoms with Crippen molar-refractivity contribution < 1.29 is 9.53 Å². The number of hydrogen-bond donors (Lipinski definition) is 1. The lowest BCUT2D eigenvalue weighted by Gasteiger charge is -2.47. The molecule has 2 aromatic heterocycles. The van der Waals surface area contributed by atoms with Gasteiger partial charge in [0.1, 0.15) is 0 Å². The van der Waals surface area contributed by atoms with Crippen molar-refractivity contribution in [3.63, 3.8) is 0 Å². The van der Waals surface area contributed by atoms with Crippen molar-refractivity contribution in [1.82, 2.24) is 14.8 Å². The van der Waals surface area contributed by atoms with Crippen molar-refractivity contribution in [2.75, 3.05) is 31.6 Å². The summed E-state index contributed by atoms with van der Waals surface area (Å²) >= 11 is 1.82. The van der Waals surface area contributed by atoms with Gasteiger partial charge in [-0.05, 0) is 89.3 Å². The molecule has 4 heterocycles. The maximum absolute atomic E-state index is 13.8. The molecule has 0 atom stereocenters. The van der Waals surface area contributed by atoms with E-state index in [9.17, 15) is 9.59 Å². The van der Waals surface area contributed by atoms with E-state index in [1.807, 2.05) is 36.2 Å². The van der Waals surface area contributed by atoms with Crippen LogP contribution in [-0.2, 0) is 17.7 Å². The highest BCUT2D eigenvalue weighted by Gasteiger charge is 2.39. The van der Waals surface area contributed by atoms with E-state index >= 15 is 0 Å². The van der Waals surface area contributed by atoms with Gasteiger partial charge in [-0.15, -0.1) is 11.3 Å². The van der Waals surface area contributed by atoms with Gasteiger partial charge in [0.05, 0.1) is 29.3 Å². The fourth-order valence-electron chi connectivity index (χ4n) is 6.77. The van der Waals surface area contributed by atoms with Crippen molar-refractivity contribution in [1.29, 1.82) is 0 Å². The molecular weight excluding hydrogens is 496 g/mol. The molecule has 6 rings (SSSR count). The number of ether oxygens (including phenoxy) is 1. The number of carbonyl (C=O) groups excluding carboxylic acids is 1. The van der Waals surface area contributed by atoms with Crippen molar-refractivity contribution in [2.24, 2.45) is 0 Å². The Balaban J connectivity index is 1.11. The second-order valence-corrected chi connectivity index (χ2v) is 13.2. The second kappa shape index (κ2) is 10.4. The van der Waals surface area contributed by atoms with Crippen LogP contribution in [0.25, 0.3) is 0 Å². The third-order valence-electron chi connectivity index (χ3n) is 9.21. The lowest BCUT2D eigenvalue weighted by molar-refractivity contribution is -0.0844. The Kier molecular flexibility index (Phi) is 7.16. The topological polar surface area (TPSA) is 68.9 Å². The number of rotatable bonds is 7. The lowest BCUT2D eigenvalue weighted by Crippen LogP contribution is -2.58. The van der Waals surface area contributed by atoms with E-state index in [0.29, 0.717) is 42.9 Å². The minimum atomic E-state index is -0.0815. The van der Waals surface area contributed by atoms with E-state index < -0.39 is 0 Å². The van der Waals surface area contributed by atoms with Gasteiger partial charge in [0.2, 0.25) is 0 Å². The Morgan fingerprint density at radius 3 is 2.47 bits per heavy atom. The number of aryl methyl sites for hydroxylation is 3. The van der Waals surface area contributed by atoms with Crippen LogP contribution in [0.5, 0.6) is 0 Å². The van der Waals surface area contributed by atoms with E-state index in [-0.39, 0.29) is 11.5 Å². The average molecular weight is 539 g/mol. The maximum atomic E-state index is 13.8. The van der Waals surface area contributed by atoms with Crippen LogP contribution in [-0.4, -0.2) is 71.7 Å². The number of aromatic amines is 1. The van der Waals surface area contributed by atoms with E-state index in [0.717, 1.165) is 48.3 Å². The normalized spacial score (nSPS) is 24.7. The summed E-state index contributed by atoms with van der Waals surface area (Å²) in [6.45, 7) is 9.27. The van der Waals surface area contributed by atoms with Gasteiger partial charge in [-0.25, -0.2) is 0 Å². The Morgan fingerprint density at radius 2 is 1.79 bits per heavy atom. The van der Waals surface area contributed by atoms with Crippen LogP contribution in [0.3, 0.4) is 0 Å². The summed E-state index contributed by atoms with van der Waals surface area (Å²) in [4.78, 5) is 37.6. The van der Waals surface area contributed by atoms with Crippen molar-refractivity contribution in [2.45, 2.75) is 103 Å². The third-order valence-corrected chi connectivity index (χ3v) is 10.6. The fraction of sp³-hybridized carbons (Fsp3) is 0.667. The smallest absolute Gasteiger partial charge is 0.255 e. The SMILES string of the molecule is Cc1cc(C)c(CN2CCCc3sc(N(C)[C@H]4CC[C@H](N5CC(OC6CC6)C5)CC4)c(C)c3C2=O)c(=O)[nH]1. The third kappa shape index (κ3) is 5.07. The van der Waals surface area contributed by atoms with Crippen LogP contribution < -0.4 is 10.5 Å². The van der Waals surface area contributed by atoms with Gasteiger partial charge in [0, 0.05) is 54.9 Å². The summed E-state index contributed by atoms with van der Waals surface area (Å²) in [6.07, 6.45) is 10.3. The number of aromatic nitrogens is 1. The summed E-state index contributed by atoms with van der Waals surface area (Å²) < 4.78 is 6.07. The van der Waals surface area contributed by atoms with Crippen LogP contribution in [0.1, 0.15) is 82.6 Å². The zero-order valence-corrected chi connectivity index (χ0v) is 24.2. The van der Waals surface area contributed by atoms with Crippen LogP contribution in [0, 0.1) is 20.8 Å². The van der Waals surface area contributed by atoms with Gasteiger partial charge in [0.15, 0.2) is 0 Å². The Morgan fingerprint density at radius 1 is 1.05 bits per heavy atom. The highest BCUT2D eigenvalue weighted by Crippen LogP contribution is 2.41. The molecular formula is C30H42N4O3S. The van der Waals surface area contributed by atoms with Gasteiger partial charge >= 0.3 is 0 Å². The van der Waals surface area contributed by atoms with Gasteiger partial charge in [-0.2, -0.15) is 0 Å². The first-order valence-electron chi connectivity index (χ1n) is 14.5. The molecule has 0 radical (unpaired) electrons. The molecule has 0 aromatic carbocycles. The van der Waals surface area contributed by atoms with Crippen LogP contribution in [0.4, 0.5) is 5.00 Å². The summed E-state index contributed by atoms with van der Waals surface area (Å²) in [5.41, 5.74) is 4.41. The van der Waals surface area contributed by atoms with E-state index in [2.05, 4.69) is 28.8 Å². The number of likely N-dealkylation sites (tertiary alicyclic amines) is 1. The predicted molar refractivity (Wildman–Crippen MR) is 153 cm³/mol. The largest absolute Gasteiger partial charge is 0.372 e. The molecule has 1 amide bonds. The molecule has 0 spiro atoms. The first kappa shape index (κ1) is 26.1. The minimum absolute atomic E-state index is 0.0785. The number of carbonyl (C=O) groups is 1. The molecule has 1 N–H and O–H groups in total. The van der Waals surface area contributed by atoms with Crippen molar-refractivity contribution >= 4 is 22.2 Å². The van der Waals surface area contributed by atoms with Gasteiger partial charge in [0.25, 0.3) is 11.5 Å². The number of fused-ring (bicyclic) bond motifs is 1. The van der Waals surface area contributed by atoms with Gasteiger partial charge in [-0.1, -0.05) is 0 Å². The zero-order chi connectivity index (χ0) is 26.6. The number of thiophene rings is 1. The summed E-state index contributed by atoms with van der Waals surface area (Å²) in [5.74, 6) is 0.0785. The Labute approximate surface area is 230 Å². The molecule has 0 bridgehead atoms. The Hall–Kier alpha value is -2.16. The summed E-state index contributed by atoms with van der Waals surface area (Å²) in [6, 6.07) is 3.21. The minimum Gasteiger partial charge on any atom is -0.372 e. The molecule has 38 heavy (non-hydrogen) atoms. The molecule has 8 heteroatoms. The number of anilines is 1. The highest BCUT2D eigenvalue weighted by atomic mass is 32.1. The van der Waals surface area contributed by atoms with E-state index in [1.54, 1.807) is 0 Å². The summed E-state index contributed by atoms with van der Waals surface area (Å²) in [5, 5.41) is 1.25. The quantitative estimate of drug-likeness (QED) is 0.560. The molecule has 1 saturated heterocycles. The molecule has 7 nitrogen and oxygen atoms in total. The van der Waals surface area contributed by atoms with Crippen LogP contribution >= 0.6 is 11.3 Å². The first-order valence-corrected chi connectivity index (χ1v) is 15.3. The van der Waals surface area contributed by atoms with Gasteiger partial charge in [-0.3, -0.25) is 14.5 Å².